The Hall–Kier alpha value is -1.21. The van der Waals surface area contributed by atoms with Gasteiger partial charge in [0.05, 0.1) is 11.4 Å². The maximum atomic E-state index is 13.2. The molecule has 0 aliphatic rings. The molecular weight excluding hydrogens is 250 g/mol. The molecule has 0 unspecified atom stereocenters. The van der Waals surface area contributed by atoms with Crippen LogP contribution in [0.15, 0.2) is 18.2 Å². The molecule has 1 aromatic rings. The highest BCUT2D eigenvalue weighted by Gasteiger charge is 2.13. The Balaban J connectivity index is 2.72. The number of nitrogens with two attached hydrogens (primary N) is 1. The van der Waals surface area contributed by atoms with Gasteiger partial charge in [0.2, 0.25) is 10.0 Å². The number of rotatable bonds is 6. The van der Waals surface area contributed by atoms with E-state index in [-0.39, 0.29) is 11.4 Å². The lowest BCUT2D eigenvalue weighted by molar-refractivity contribution is 0.591. The summed E-state index contributed by atoms with van der Waals surface area (Å²) < 4.78 is 51.0. The number of hydrogen-bond acceptors (Lipinski definition) is 3. The minimum absolute atomic E-state index is 0.167. The van der Waals surface area contributed by atoms with E-state index in [4.69, 9.17) is 5.73 Å². The molecule has 0 saturated carbocycles. The van der Waals surface area contributed by atoms with Crippen LogP contribution in [-0.4, -0.2) is 20.7 Å². The van der Waals surface area contributed by atoms with Gasteiger partial charge in [0.1, 0.15) is 11.6 Å². The number of unbranched alkanes of at least 4 members (excludes halogenated alkanes) is 1. The summed E-state index contributed by atoms with van der Waals surface area (Å²) in [4.78, 5) is 0. The normalized spacial score (nSPS) is 11.5. The highest BCUT2D eigenvalue weighted by atomic mass is 32.2. The standard InChI is InChI=1S/C10H14F2N2O2S/c11-8-3-4-9(12)10(7-8)14-17(15,16)6-2-1-5-13/h3-4,7,14H,1-2,5-6,13H2. The van der Waals surface area contributed by atoms with Gasteiger partial charge in [-0.05, 0) is 31.5 Å². The first-order chi connectivity index (χ1) is 7.94. The average molecular weight is 264 g/mol. The first-order valence-corrected chi connectivity index (χ1v) is 6.75. The summed E-state index contributed by atoms with van der Waals surface area (Å²) in [5, 5.41) is 0. The van der Waals surface area contributed by atoms with E-state index in [2.05, 4.69) is 0 Å². The van der Waals surface area contributed by atoms with Gasteiger partial charge in [-0.2, -0.15) is 0 Å². The zero-order valence-corrected chi connectivity index (χ0v) is 9.93. The van der Waals surface area contributed by atoms with Crippen LogP contribution in [0, 0.1) is 11.6 Å². The molecule has 0 aliphatic carbocycles. The molecule has 7 heteroatoms. The van der Waals surface area contributed by atoms with Crippen LogP contribution in [0.5, 0.6) is 0 Å². The van der Waals surface area contributed by atoms with Gasteiger partial charge in [0, 0.05) is 6.07 Å². The molecule has 1 aromatic carbocycles. The molecule has 17 heavy (non-hydrogen) atoms. The zero-order chi connectivity index (χ0) is 12.9. The van der Waals surface area contributed by atoms with Gasteiger partial charge in [-0.1, -0.05) is 0 Å². The predicted octanol–water partition coefficient (Wildman–Crippen LogP) is 1.45. The molecule has 96 valence electrons. The second kappa shape index (κ2) is 5.92. The summed E-state index contributed by atoms with van der Waals surface area (Å²) in [6, 6.07) is 2.59. The van der Waals surface area contributed by atoms with Gasteiger partial charge >= 0.3 is 0 Å². The quantitative estimate of drug-likeness (QED) is 0.764. The molecule has 0 aliphatic heterocycles. The molecule has 0 spiro atoms. The van der Waals surface area contributed by atoms with E-state index >= 15 is 0 Å². The molecular formula is C10H14F2N2O2S. The second-order valence-electron chi connectivity index (χ2n) is 3.54. The number of halogens is 2. The van der Waals surface area contributed by atoms with Crippen molar-refractivity contribution in [2.75, 3.05) is 17.0 Å². The van der Waals surface area contributed by atoms with E-state index < -0.39 is 21.7 Å². The van der Waals surface area contributed by atoms with Gasteiger partial charge in [0.25, 0.3) is 0 Å². The van der Waals surface area contributed by atoms with Crippen molar-refractivity contribution in [2.24, 2.45) is 5.73 Å². The van der Waals surface area contributed by atoms with Crippen molar-refractivity contribution < 1.29 is 17.2 Å². The van der Waals surface area contributed by atoms with Crippen LogP contribution in [0.4, 0.5) is 14.5 Å². The molecule has 3 N–H and O–H groups in total. The third-order valence-electron chi connectivity index (χ3n) is 2.06. The van der Waals surface area contributed by atoms with Gasteiger partial charge in [-0.15, -0.1) is 0 Å². The van der Waals surface area contributed by atoms with Crippen LogP contribution in [0.25, 0.3) is 0 Å². The van der Waals surface area contributed by atoms with E-state index in [1.807, 2.05) is 4.72 Å². The minimum Gasteiger partial charge on any atom is -0.330 e. The van der Waals surface area contributed by atoms with Crippen molar-refractivity contribution in [1.29, 1.82) is 0 Å². The summed E-state index contributed by atoms with van der Waals surface area (Å²) in [6.45, 7) is 0.393. The summed E-state index contributed by atoms with van der Waals surface area (Å²) in [7, 11) is -3.66. The van der Waals surface area contributed by atoms with Gasteiger partial charge < -0.3 is 5.73 Å². The largest absolute Gasteiger partial charge is 0.330 e. The molecule has 0 amide bonds. The molecule has 4 nitrogen and oxygen atoms in total. The van der Waals surface area contributed by atoms with Crippen molar-refractivity contribution in [1.82, 2.24) is 0 Å². The lowest BCUT2D eigenvalue weighted by Crippen LogP contribution is -2.18. The van der Waals surface area contributed by atoms with Crippen LogP contribution in [0.2, 0.25) is 0 Å². The number of hydrogen-bond donors (Lipinski definition) is 2. The van der Waals surface area contributed by atoms with Gasteiger partial charge in [-0.25, -0.2) is 17.2 Å². The molecule has 0 bridgehead atoms. The van der Waals surface area contributed by atoms with E-state index in [0.29, 0.717) is 19.4 Å². The SMILES string of the molecule is NCCCCS(=O)(=O)Nc1cc(F)ccc1F. The van der Waals surface area contributed by atoms with E-state index in [0.717, 1.165) is 18.2 Å². The van der Waals surface area contributed by atoms with Crippen molar-refractivity contribution >= 4 is 15.7 Å². The second-order valence-corrected chi connectivity index (χ2v) is 5.38. The molecule has 0 heterocycles. The molecule has 0 saturated heterocycles. The molecule has 0 atom stereocenters. The van der Waals surface area contributed by atoms with Gasteiger partial charge in [0.15, 0.2) is 0 Å². The fourth-order valence-corrected chi connectivity index (χ4v) is 2.41. The van der Waals surface area contributed by atoms with E-state index in [9.17, 15) is 17.2 Å². The maximum Gasteiger partial charge on any atom is 0.232 e. The molecule has 0 radical (unpaired) electrons. The molecule has 1 rings (SSSR count). The summed E-state index contributed by atoms with van der Waals surface area (Å²) in [5.41, 5.74) is 4.85. The Morgan fingerprint density at radius 1 is 1.24 bits per heavy atom. The fraction of sp³-hybridized carbons (Fsp3) is 0.400. The van der Waals surface area contributed by atoms with Crippen molar-refractivity contribution in [3.63, 3.8) is 0 Å². The van der Waals surface area contributed by atoms with E-state index in [1.54, 1.807) is 0 Å². The highest BCUT2D eigenvalue weighted by molar-refractivity contribution is 7.92. The first-order valence-electron chi connectivity index (χ1n) is 5.10. The molecule has 0 fully saturated rings. The lowest BCUT2D eigenvalue weighted by atomic mass is 10.3. The minimum atomic E-state index is -3.66. The Labute approximate surface area is 98.9 Å². The highest BCUT2D eigenvalue weighted by Crippen LogP contribution is 2.17. The van der Waals surface area contributed by atoms with Crippen LogP contribution < -0.4 is 10.5 Å². The Kier molecular flexibility index (Phi) is 4.83. The average Bonchev–Trinajstić information content (AvgIpc) is 2.23. The topological polar surface area (TPSA) is 72.2 Å². The Morgan fingerprint density at radius 2 is 1.94 bits per heavy atom. The van der Waals surface area contributed by atoms with Crippen LogP contribution in [0.3, 0.4) is 0 Å². The first kappa shape index (κ1) is 13.9. The van der Waals surface area contributed by atoms with Crippen molar-refractivity contribution in [2.45, 2.75) is 12.8 Å². The van der Waals surface area contributed by atoms with Crippen molar-refractivity contribution in [3.8, 4) is 0 Å². The summed E-state index contributed by atoms with van der Waals surface area (Å²) >= 11 is 0. The monoisotopic (exact) mass is 264 g/mol. The lowest BCUT2D eigenvalue weighted by Gasteiger charge is -2.08. The third kappa shape index (κ3) is 4.66. The third-order valence-corrected chi connectivity index (χ3v) is 3.42. The Morgan fingerprint density at radius 3 is 2.59 bits per heavy atom. The predicted molar refractivity (Wildman–Crippen MR) is 62.1 cm³/mol. The van der Waals surface area contributed by atoms with Crippen molar-refractivity contribution in [3.05, 3.63) is 29.8 Å². The smallest absolute Gasteiger partial charge is 0.232 e. The van der Waals surface area contributed by atoms with Crippen LogP contribution >= 0.6 is 0 Å². The Bertz CT molecular complexity index is 477. The van der Waals surface area contributed by atoms with E-state index in [1.165, 1.54) is 0 Å². The number of nitrogens with one attached hydrogen (secondary N) is 1. The number of anilines is 1. The summed E-state index contributed by atoms with van der Waals surface area (Å²) in [6.07, 6.45) is 0.940. The number of sulfonamides is 1. The van der Waals surface area contributed by atoms with Crippen LogP contribution in [0.1, 0.15) is 12.8 Å². The van der Waals surface area contributed by atoms with Gasteiger partial charge in [-0.3, -0.25) is 4.72 Å². The van der Waals surface area contributed by atoms with Crippen LogP contribution in [-0.2, 0) is 10.0 Å². The molecule has 0 aromatic heterocycles. The zero-order valence-electron chi connectivity index (χ0n) is 9.12. The number of benzene rings is 1. The fourth-order valence-electron chi connectivity index (χ4n) is 1.23. The summed E-state index contributed by atoms with van der Waals surface area (Å²) in [5.74, 6) is -1.68. The maximum absolute atomic E-state index is 13.2.